The number of nitrogens with one attached hydrogen (secondary N) is 1. The maximum atomic E-state index is 11.9. The summed E-state index contributed by atoms with van der Waals surface area (Å²) in [6.45, 7) is 0. The van der Waals surface area contributed by atoms with Crippen LogP contribution in [0, 0.1) is 0 Å². The second kappa shape index (κ2) is 5.39. The number of carbonyl (C=O) groups is 1. The molecule has 0 fully saturated rings. The van der Waals surface area contributed by atoms with Crippen molar-refractivity contribution in [1.29, 1.82) is 0 Å². The number of rotatable bonds is 3. The summed E-state index contributed by atoms with van der Waals surface area (Å²) in [7, 11) is 0. The molecule has 1 aliphatic rings. The summed E-state index contributed by atoms with van der Waals surface area (Å²) in [4.78, 5) is 11.9. The molecule has 0 saturated carbocycles. The van der Waals surface area contributed by atoms with Crippen molar-refractivity contribution in [2.75, 3.05) is 5.32 Å². The average Bonchev–Trinajstić information content (AvgIpc) is 2.82. The Bertz CT molecular complexity index is 650. The molecule has 100 valence electrons. The molecule has 20 heavy (non-hydrogen) atoms. The van der Waals surface area contributed by atoms with Gasteiger partial charge in [-0.1, -0.05) is 41.9 Å². The van der Waals surface area contributed by atoms with E-state index in [0.717, 1.165) is 11.3 Å². The van der Waals surface area contributed by atoms with Crippen molar-refractivity contribution in [3.63, 3.8) is 0 Å². The number of para-hydroxylation sites is 1. The van der Waals surface area contributed by atoms with Gasteiger partial charge in [-0.2, -0.15) is 0 Å². The van der Waals surface area contributed by atoms with Crippen molar-refractivity contribution in [3.05, 3.63) is 77.0 Å². The first-order chi connectivity index (χ1) is 9.72. The summed E-state index contributed by atoms with van der Waals surface area (Å²) >= 11 is 5.85. The number of cyclic esters (lactones) is 1. The minimum Gasteiger partial charge on any atom is -0.448 e. The lowest BCUT2D eigenvalue weighted by molar-refractivity contribution is -0.139. The lowest BCUT2D eigenvalue weighted by atomic mass is 10.1. The van der Waals surface area contributed by atoms with Crippen LogP contribution in [-0.2, 0) is 9.53 Å². The molecule has 0 aliphatic carbocycles. The Morgan fingerprint density at radius 2 is 1.70 bits per heavy atom. The van der Waals surface area contributed by atoms with E-state index >= 15 is 0 Å². The van der Waals surface area contributed by atoms with Crippen molar-refractivity contribution < 1.29 is 9.53 Å². The quantitative estimate of drug-likeness (QED) is 0.868. The van der Waals surface area contributed by atoms with Gasteiger partial charge >= 0.3 is 5.97 Å². The zero-order valence-electron chi connectivity index (χ0n) is 10.5. The van der Waals surface area contributed by atoms with Crippen LogP contribution in [-0.4, -0.2) is 5.97 Å². The predicted octanol–water partition coefficient (Wildman–Crippen LogP) is 3.93. The van der Waals surface area contributed by atoms with E-state index in [2.05, 4.69) is 5.32 Å². The van der Waals surface area contributed by atoms with Gasteiger partial charge in [0.15, 0.2) is 0 Å². The molecule has 3 rings (SSSR count). The van der Waals surface area contributed by atoms with Crippen LogP contribution in [0.3, 0.4) is 0 Å². The van der Waals surface area contributed by atoms with Crippen LogP contribution < -0.4 is 5.32 Å². The number of carbonyl (C=O) groups excluding carboxylic acids is 1. The van der Waals surface area contributed by atoms with E-state index in [9.17, 15) is 4.79 Å². The summed E-state index contributed by atoms with van der Waals surface area (Å²) in [6, 6.07) is 16.8. The normalized spacial score (nSPS) is 17.6. The molecule has 0 spiro atoms. The fraction of sp³-hybridized carbons (Fsp3) is 0.0625. The molecule has 1 aliphatic heterocycles. The fourth-order valence-corrected chi connectivity index (χ4v) is 2.14. The fourth-order valence-electron chi connectivity index (χ4n) is 2.02. The van der Waals surface area contributed by atoms with E-state index in [1.54, 1.807) is 18.2 Å². The molecule has 2 aromatic carbocycles. The smallest absolute Gasteiger partial charge is 0.355 e. The topological polar surface area (TPSA) is 38.3 Å². The molecule has 0 bridgehead atoms. The number of anilines is 1. The number of esters is 1. The second-order valence-electron chi connectivity index (χ2n) is 4.45. The Labute approximate surface area is 121 Å². The van der Waals surface area contributed by atoms with Gasteiger partial charge in [-0.15, -0.1) is 0 Å². The molecule has 1 unspecified atom stereocenters. The standard InChI is InChI=1S/C16H12ClNO2/c17-12-8-6-11(7-9-12)15-10-14(16(19)20-15)18-13-4-2-1-3-5-13/h1-10,15,18H. The minimum absolute atomic E-state index is 0.353. The first-order valence-electron chi connectivity index (χ1n) is 6.23. The number of hydrogen-bond acceptors (Lipinski definition) is 3. The maximum absolute atomic E-state index is 11.9. The number of halogens is 1. The van der Waals surface area contributed by atoms with Gasteiger partial charge in [0.25, 0.3) is 0 Å². The predicted molar refractivity (Wildman–Crippen MR) is 78.4 cm³/mol. The Hall–Kier alpha value is -2.26. The van der Waals surface area contributed by atoms with E-state index in [4.69, 9.17) is 16.3 Å². The van der Waals surface area contributed by atoms with Gasteiger partial charge < -0.3 is 10.1 Å². The van der Waals surface area contributed by atoms with Crippen LogP contribution in [0.25, 0.3) is 0 Å². The van der Waals surface area contributed by atoms with Gasteiger partial charge in [-0.25, -0.2) is 4.79 Å². The summed E-state index contributed by atoms with van der Waals surface area (Å²) in [5.41, 5.74) is 2.20. The van der Waals surface area contributed by atoms with Gasteiger partial charge in [0.2, 0.25) is 0 Å². The number of benzene rings is 2. The van der Waals surface area contributed by atoms with E-state index in [0.29, 0.717) is 10.7 Å². The van der Waals surface area contributed by atoms with Gasteiger partial charge in [-0.05, 0) is 35.9 Å². The molecule has 3 nitrogen and oxygen atoms in total. The highest BCUT2D eigenvalue weighted by Gasteiger charge is 2.26. The molecule has 2 aromatic rings. The van der Waals surface area contributed by atoms with Crippen molar-refractivity contribution >= 4 is 23.3 Å². The lowest BCUT2D eigenvalue weighted by Gasteiger charge is -2.07. The number of hydrogen-bond donors (Lipinski definition) is 1. The Kier molecular flexibility index (Phi) is 3.44. The second-order valence-corrected chi connectivity index (χ2v) is 4.89. The summed E-state index contributed by atoms with van der Waals surface area (Å²) in [5.74, 6) is -0.353. The molecule has 1 atom stereocenters. The van der Waals surface area contributed by atoms with Crippen LogP contribution >= 0.6 is 11.6 Å². The van der Waals surface area contributed by atoms with Crippen LogP contribution in [0.4, 0.5) is 5.69 Å². The molecule has 0 amide bonds. The molecule has 0 radical (unpaired) electrons. The third kappa shape index (κ3) is 2.68. The number of ether oxygens (including phenoxy) is 1. The maximum Gasteiger partial charge on any atom is 0.355 e. The van der Waals surface area contributed by atoms with E-state index in [-0.39, 0.29) is 12.1 Å². The molecule has 4 heteroatoms. The van der Waals surface area contributed by atoms with Gasteiger partial charge in [0.05, 0.1) is 0 Å². The molecular formula is C16H12ClNO2. The minimum atomic E-state index is -0.369. The monoisotopic (exact) mass is 285 g/mol. The lowest BCUT2D eigenvalue weighted by Crippen LogP contribution is -2.08. The highest BCUT2D eigenvalue weighted by Crippen LogP contribution is 2.29. The van der Waals surface area contributed by atoms with Crippen LogP contribution in [0.2, 0.25) is 5.02 Å². The molecule has 0 aromatic heterocycles. The first-order valence-corrected chi connectivity index (χ1v) is 6.60. The van der Waals surface area contributed by atoms with Crippen LogP contribution in [0.5, 0.6) is 0 Å². The summed E-state index contributed by atoms with van der Waals surface area (Å²) in [6.07, 6.45) is 1.41. The zero-order valence-corrected chi connectivity index (χ0v) is 11.3. The van der Waals surface area contributed by atoms with Crippen molar-refractivity contribution in [2.24, 2.45) is 0 Å². The third-order valence-electron chi connectivity index (χ3n) is 3.02. The van der Waals surface area contributed by atoms with Gasteiger partial charge in [0.1, 0.15) is 11.8 Å². The molecular weight excluding hydrogens is 274 g/mol. The summed E-state index contributed by atoms with van der Waals surface area (Å²) in [5, 5.41) is 3.72. The van der Waals surface area contributed by atoms with E-state index < -0.39 is 0 Å². The van der Waals surface area contributed by atoms with Crippen LogP contribution in [0.15, 0.2) is 66.4 Å². The van der Waals surface area contributed by atoms with E-state index in [1.165, 1.54) is 0 Å². The van der Waals surface area contributed by atoms with Crippen molar-refractivity contribution in [2.45, 2.75) is 6.10 Å². The molecule has 1 heterocycles. The van der Waals surface area contributed by atoms with Crippen LogP contribution in [0.1, 0.15) is 11.7 Å². The molecule has 0 saturated heterocycles. The highest BCUT2D eigenvalue weighted by atomic mass is 35.5. The Balaban J connectivity index is 1.80. The highest BCUT2D eigenvalue weighted by molar-refractivity contribution is 6.30. The average molecular weight is 286 g/mol. The van der Waals surface area contributed by atoms with Gasteiger partial charge in [0, 0.05) is 10.7 Å². The Morgan fingerprint density at radius 1 is 1.00 bits per heavy atom. The molecule has 1 N–H and O–H groups in total. The Morgan fingerprint density at radius 3 is 2.40 bits per heavy atom. The SMILES string of the molecule is O=C1OC(c2ccc(Cl)cc2)C=C1Nc1ccccc1. The summed E-state index contributed by atoms with van der Waals surface area (Å²) < 4.78 is 5.33. The zero-order chi connectivity index (χ0) is 13.9. The van der Waals surface area contributed by atoms with Gasteiger partial charge in [-0.3, -0.25) is 0 Å². The van der Waals surface area contributed by atoms with Crippen molar-refractivity contribution in [3.8, 4) is 0 Å². The third-order valence-corrected chi connectivity index (χ3v) is 3.28. The first kappa shape index (κ1) is 12.8. The largest absolute Gasteiger partial charge is 0.448 e. The van der Waals surface area contributed by atoms with E-state index in [1.807, 2.05) is 42.5 Å². The van der Waals surface area contributed by atoms with Crippen molar-refractivity contribution in [1.82, 2.24) is 0 Å².